The first-order valence-electron chi connectivity index (χ1n) is 10.4. The number of hydrogen-bond acceptors (Lipinski definition) is 5. The number of aryl methyl sites for hydroxylation is 1. The summed E-state index contributed by atoms with van der Waals surface area (Å²) in [5.41, 5.74) is 2.67. The molecule has 0 aliphatic heterocycles. The fraction of sp³-hybridized carbons (Fsp3) is 0.348. The second-order valence-electron chi connectivity index (χ2n) is 7.21. The summed E-state index contributed by atoms with van der Waals surface area (Å²) >= 11 is 5.34. The quantitative estimate of drug-likeness (QED) is 0.427. The number of nitrogens with one attached hydrogen (secondary N) is 2. The molecule has 0 saturated carbocycles. The lowest BCUT2D eigenvalue weighted by atomic mass is 10.1. The second kappa shape index (κ2) is 10.8. The molecule has 1 amide bonds. The third-order valence-corrected chi connectivity index (χ3v) is 4.83. The van der Waals surface area contributed by atoms with Gasteiger partial charge in [0.25, 0.3) is 0 Å². The Labute approximate surface area is 187 Å². The van der Waals surface area contributed by atoms with Gasteiger partial charge in [0.2, 0.25) is 5.91 Å². The highest BCUT2D eigenvalue weighted by molar-refractivity contribution is 7.71. The van der Waals surface area contributed by atoms with Crippen molar-refractivity contribution in [1.29, 1.82) is 0 Å². The van der Waals surface area contributed by atoms with E-state index in [4.69, 9.17) is 21.7 Å². The van der Waals surface area contributed by atoms with Crippen LogP contribution in [0.25, 0.3) is 11.4 Å². The zero-order valence-electron chi connectivity index (χ0n) is 18.1. The van der Waals surface area contributed by atoms with Gasteiger partial charge < -0.3 is 14.8 Å². The molecule has 0 aliphatic rings. The van der Waals surface area contributed by atoms with Gasteiger partial charge in [-0.3, -0.25) is 14.5 Å². The number of ether oxygens (including phenoxy) is 2. The number of rotatable bonds is 10. The van der Waals surface area contributed by atoms with Crippen LogP contribution >= 0.6 is 12.2 Å². The van der Waals surface area contributed by atoms with Crippen molar-refractivity contribution in [2.45, 2.75) is 40.2 Å². The Morgan fingerprint density at radius 2 is 1.74 bits per heavy atom. The number of carbonyl (C=O) groups excluding carboxylic acids is 1. The molecule has 31 heavy (non-hydrogen) atoms. The lowest BCUT2D eigenvalue weighted by Crippen LogP contribution is -2.19. The second-order valence-corrected chi connectivity index (χ2v) is 7.60. The van der Waals surface area contributed by atoms with E-state index in [0.717, 1.165) is 24.0 Å². The van der Waals surface area contributed by atoms with Gasteiger partial charge in [-0.25, -0.2) is 0 Å². The number of benzene rings is 2. The first kappa shape index (κ1) is 22.6. The number of aromatic nitrogens is 3. The molecule has 3 aromatic rings. The van der Waals surface area contributed by atoms with Crippen LogP contribution < -0.4 is 14.8 Å². The van der Waals surface area contributed by atoms with Crippen molar-refractivity contribution in [3.63, 3.8) is 0 Å². The minimum absolute atomic E-state index is 0.0395. The molecule has 0 fully saturated rings. The molecule has 7 nitrogen and oxygen atoms in total. The van der Waals surface area contributed by atoms with E-state index in [0.29, 0.717) is 41.0 Å². The first-order chi connectivity index (χ1) is 15.0. The first-order valence-corrected chi connectivity index (χ1v) is 10.8. The predicted octanol–water partition coefficient (Wildman–Crippen LogP) is 5.13. The number of nitrogens with zero attached hydrogens (tertiary/aromatic N) is 2. The summed E-state index contributed by atoms with van der Waals surface area (Å²) < 4.78 is 13.6. The average molecular weight is 441 g/mol. The molecular formula is C23H28N4O3S. The predicted molar refractivity (Wildman–Crippen MR) is 124 cm³/mol. The van der Waals surface area contributed by atoms with E-state index < -0.39 is 0 Å². The minimum Gasteiger partial charge on any atom is -0.490 e. The molecule has 0 spiro atoms. The Balaban J connectivity index is 1.76. The molecule has 2 aromatic carbocycles. The van der Waals surface area contributed by atoms with Gasteiger partial charge in [-0.2, -0.15) is 5.10 Å². The Bertz CT molecular complexity index is 1070. The van der Waals surface area contributed by atoms with Crippen LogP contribution in [0, 0.1) is 11.7 Å². The SMILES string of the molecule is CCCOc1ccc(NC(=O)Cn2c(-c3ccc(C)cc3)n[nH]c2=S)cc1OCCC. The molecule has 0 aliphatic carbocycles. The maximum Gasteiger partial charge on any atom is 0.244 e. The molecular weight excluding hydrogens is 412 g/mol. The summed E-state index contributed by atoms with van der Waals surface area (Å²) in [5, 5.41) is 9.98. The van der Waals surface area contributed by atoms with Gasteiger partial charge in [-0.05, 0) is 44.1 Å². The van der Waals surface area contributed by atoms with Crippen LogP contribution in [-0.2, 0) is 11.3 Å². The topological polar surface area (TPSA) is 81.2 Å². The summed E-state index contributed by atoms with van der Waals surface area (Å²) in [7, 11) is 0. The Morgan fingerprint density at radius 3 is 2.42 bits per heavy atom. The normalized spacial score (nSPS) is 10.7. The number of amides is 1. The van der Waals surface area contributed by atoms with Gasteiger partial charge in [0.15, 0.2) is 22.1 Å². The maximum atomic E-state index is 12.8. The van der Waals surface area contributed by atoms with E-state index in [1.54, 1.807) is 16.7 Å². The highest BCUT2D eigenvalue weighted by Crippen LogP contribution is 2.31. The summed E-state index contributed by atoms with van der Waals surface area (Å²) in [6, 6.07) is 13.3. The molecule has 164 valence electrons. The highest BCUT2D eigenvalue weighted by Gasteiger charge is 2.14. The third kappa shape index (κ3) is 5.95. The summed E-state index contributed by atoms with van der Waals surface area (Å²) in [6.45, 7) is 7.33. The Kier molecular flexibility index (Phi) is 7.83. The third-order valence-electron chi connectivity index (χ3n) is 4.52. The lowest BCUT2D eigenvalue weighted by molar-refractivity contribution is -0.116. The van der Waals surface area contributed by atoms with Gasteiger partial charge in [0, 0.05) is 17.3 Å². The van der Waals surface area contributed by atoms with Crippen LogP contribution in [0.5, 0.6) is 11.5 Å². The molecule has 2 N–H and O–H groups in total. The van der Waals surface area contributed by atoms with Crippen LogP contribution in [0.15, 0.2) is 42.5 Å². The largest absolute Gasteiger partial charge is 0.490 e. The van der Waals surface area contributed by atoms with Crippen molar-refractivity contribution in [1.82, 2.24) is 14.8 Å². The number of hydrogen-bond donors (Lipinski definition) is 2. The fourth-order valence-corrected chi connectivity index (χ4v) is 3.17. The molecule has 1 heterocycles. The summed E-state index contributed by atoms with van der Waals surface area (Å²) in [5.74, 6) is 1.70. The van der Waals surface area contributed by atoms with Gasteiger partial charge >= 0.3 is 0 Å². The number of aromatic amines is 1. The molecule has 0 bridgehead atoms. The van der Waals surface area contributed by atoms with Crippen molar-refractivity contribution in [2.24, 2.45) is 0 Å². The zero-order chi connectivity index (χ0) is 22.2. The van der Waals surface area contributed by atoms with E-state index in [9.17, 15) is 4.79 Å². The highest BCUT2D eigenvalue weighted by atomic mass is 32.1. The molecule has 3 rings (SSSR count). The summed E-state index contributed by atoms with van der Waals surface area (Å²) in [6.07, 6.45) is 1.78. The number of H-pyrrole nitrogens is 1. The zero-order valence-corrected chi connectivity index (χ0v) is 18.9. The molecule has 0 radical (unpaired) electrons. The van der Waals surface area contributed by atoms with Crippen molar-refractivity contribution < 1.29 is 14.3 Å². The van der Waals surface area contributed by atoms with Gasteiger partial charge in [-0.1, -0.05) is 43.7 Å². The molecule has 0 saturated heterocycles. The molecule has 0 atom stereocenters. The van der Waals surface area contributed by atoms with Crippen molar-refractivity contribution in [2.75, 3.05) is 18.5 Å². The van der Waals surface area contributed by atoms with Crippen LogP contribution in [-0.4, -0.2) is 33.9 Å². The van der Waals surface area contributed by atoms with Crippen molar-refractivity contribution >= 4 is 23.8 Å². The van der Waals surface area contributed by atoms with E-state index in [-0.39, 0.29) is 12.5 Å². The fourth-order valence-electron chi connectivity index (χ4n) is 2.97. The monoisotopic (exact) mass is 440 g/mol. The summed E-state index contributed by atoms with van der Waals surface area (Å²) in [4.78, 5) is 12.8. The van der Waals surface area contributed by atoms with Crippen LogP contribution in [0.1, 0.15) is 32.3 Å². The Morgan fingerprint density at radius 1 is 1.06 bits per heavy atom. The van der Waals surface area contributed by atoms with E-state index in [1.165, 1.54) is 0 Å². The number of anilines is 1. The van der Waals surface area contributed by atoms with Crippen LogP contribution in [0.2, 0.25) is 0 Å². The van der Waals surface area contributed by atoms with Crippen LogP contribution in [0.3, 0.4) is 0 Å². The minimum atomic E-state index is -0.213. The molecule has 1 aromatic heterocycles. The van der Waals surface area contributed by atoms with Gasteiger partial charge in [0.1, 0.15) is 6.54 Å². The van der Waals surface area contributed by atoms with E-state index in [1.807, 2.05) is 51.1 Å². The van der Waals surface area contributed by atoms with E-state index >= 15 is 0 Å². The Hall–Kier alpha value is -3.13. The lowest BCUT2D eigenvalue weighted by Gasteiger charge is -2.14. The maximum absolute atomic E-state index is 12.8. The number of carbonyl (C=O) groups is 1. The average Bonchev–Trinajstić information content (AvgIpc) is 3.12. The standard InChI is InChI=1S/C23H28N4O3S/c1-4-12-29-19-11-10-18(14-20(19)30-13-5-2)24-21(28)15-27-22(25-26-23(27)31)17-8-6-16(3)7-9-17/h6-11,14H,4-5,12-13,15H2,1-3H3,(H,24,28)(H,26,31). The van der Waals surface area contributed by atoms with Gasteiger partial charge in [0.05, 0.1) is 13.2 Å². The van der Waals surface area contributed by atoms with Crippen LogP contribution in [0.4, 0.5) is 5.69 Å². The van der Waals surface area contributed by atoms with Gasteiger partial charge in [-0.15, -0.1) is 0 Å². The smallest absolute Gasteiger partial charge is 0.244 e. The van der Waals surface area contributed by atoms with E-state index in [2.05, 4.69) is 15.5 Å². The van der Waals surface area contributed by atoms with Crippen molar-refractivity contribution in [3.05, 3.63) is 52.8 Å². The molecule has 8 heteroatoms. The molecule has 0 unspecified atom stereocenters. The van der Waals surface area contributed by atoms with Crippen molar-refractivity contribution in [3.8, 4) is 22.9 Å².